The molecule has 5 heteroatoms. The van der Waals surface area contributed by atoms with E-state index >= 15 is 0 Å². The first kappa shape index (κ1) is 14.0. The van der Waals surface area contributed by atoms with Crippen molar-refractivity contribution >= 4 is 11.9 Å². The summed E-state index contributed by atoms with van der Waals surface area (Å²) in [4.78, 5) is 22.4. The largest absolute Gasteiger partial charge is 0.481 e. The number of hydrogen-bond acceptors (Lipinski definition) is 3. The molecule has 98 valence electrons. The minimum Gasteiger partial charge on any atom is -0.481 e. The van der Waals surface area contributed by atoms with Gasteiger partial charge in [0.15, 0.2) is 0 Å². The van der Waals surface area contributed by atoms with Crippen LogP contribution in [-0.4, -0.2) is 36.2 Å². The fraction of sp³-hybridized carbons (Fsp3) is 0.833. The molecule has 1 aliphatic rings. The number of carboxylic acids is 1. The maximum atomic E-state index is 11.5. The van der Waals surface area contributed by atoms with Gasteiger partial charge in [0, 0.05) is 13.2 Å². The molecule has 1 aliphatic heterocycles. The third kappa shape index (κ3) is 5.17. The standard InChI is InChI=1S/C12H21NO4/c1-2-4-9(12(15)16)8-13-11(14)7-10-5-3-6-17-10/h9-10H,2-8H2,1H3,(H,13,14)(H,15,16). The van der Waals surface area contributed by atoms with Gasteiger partial charge in [-0.1, -0.05) is 13.3 Å². The third-order valence-corrected chi connectivity index (χ3v) is 2.97. The van der Waals surface area contributed by atoms with Gasteiger partial charge in [-0.05, 0) is 19.3 Å². The molecule has 0 spiro atoms. The van der Waals surface area contributed by atoms with Gasteiger partial charge >= 0.3 is 5.97 Å². The first-order chi connectivity index (χ1) is 8.13. The van der Waals surface area contributed by atoms with E-state index in [0.29, 0.717) is 12.8 Å². The van der Waals surface area contributed by atoms with E-state index < -0.39 is 11.9 Å². The molecule has 1 amide bonds. The van der Waals surface area contributed by atoms with Crippen molar-refractivity contribution in [1.29, 1.82) is 0 Å². The first-order valence-electron chi connectivity index (χ1n) is 6.24. The van der Waals surface area contributed by atoms with Crippen molar-refractivity contribution < 1.29 is 19.4 Å². The zero-order valence-electron chi connectivity index (χ0n) is 10.3. The molecule has 0 radical (unpaired) electrons. The fourth-order valence-electron chi connectivity index (χ4n) is 1.98. The van der Waals surface area contributed by atoms with E-state index in [1.54, 1.807) is 0 Å². The van der Waals surface area contributed by atoms with Gasteiger partial charge in [0.1, 0.15) is 0 Å². The van der Waals surface area contributed by atoms with E-state index in [0.717, 1.165) is 25.9 Å². The maximum Gasteiger partial charge on any atom is 0.308 e. The molecule has 0 aliphatic carbocycles. The van der Waals surface area contributed by atoms with E-state index in [-0.39, 0.29) is 18.6 Å². The van der Waals surface area contributed by atoms with Crippen LogP contribution < -0.4 is 5.32 Å². The van der Waals surface area contributed by atoms with Crippen molar-refractivity contribution in [1.82, 2.24) is 5.32 Å². The van der Waals surface area contributed by atoms with Crippen molar-refractivity contribution in [3.05, 3.63) is 0 Å². The van der Waals surface area contributed by atoms with Crippen LogP contribution in [0.1, 0.15) is 39.0 Å². The Balaban J connectivity index is 2.22. The summed E-state index contributed by atoms with van der Waals surface area (Å²) >= 11 is 0. The number of carbonyl (C=O) groups excluding carboxylic acids is 1. The highest BCUT2D eigenvalue weighted by Gasteiger charge is 2.21. The number of ether oxygens (including phenoxy) is 1. The normalized spacial score (nSPS) is 21.1. The highest BCUT2D eigenvalue weighted by atomic mass is 16.5. The lowest BCUT2D eigenvalue weighted by Crippen LogP contribution is -2.34. The van der Waals surface area contributed by atoms with Gasteiger partial charge in [0.05, 0.1) is 18.4 Å². The number of rotatable bonds is 7. The van der Waals surface area contributed by atoms with Gasteiger partial charge in [-0.25, -0.2) is 0 Å². The van der Waals surface area contributed by atoms with Crippen LogP contribution in [0.25, 0.3) is 0 Å². The molecule has 5 nitrogen and oxygen atoms in total. The van der Waals surface area contributed by atoms with Crippen LogP contribution in [0.15, 0.2) is 0 Å². The molecule has 0 aromatic carbocycles. The predicted molar refractivity (Wildman–Crippen MR) is 62.6 cm³/mol. The Hall–Kier alpha value is -1.10. The van der Waals surface area contributed by atoms with Crippen LogP contribution in [0.3, 0.4) is 0 Å². The van der Waals surface area contributed by atoms with Crippen LogP contribution >= 0.6 is 0 Å². The van der Waals surface area contributed by atoms with Gasteiger partial charge in [-0.2, -0.15) is 0 Å². The minimum absolute atomic E-state index is 0.0180. The van der Waals surface area contributed by atoms with E-state index in [2.05, 4.69) is 5.32 Å². The van der Waals surface area contributed by atoms with Crippen molar-refractivity contribution in [3.63, 3.8) is 0 Å². The molecule has 1 fully saturated rings. The lowest BCUT2D eigenvalue weighted by Gasteiger charge is -2.13. The second-order valence-electron chi connectivity index (χ2n) is 4.47. The Bertz CT molecular complexity index is 261. The van der Waals surface area contributed by atoms with Crippen LogP contribution in [-0.2, 0) is 14.3 Å². The summed E-state index contributed by atoms with van der Waals surface area (Å²) in [6, 6.07) is 0. The van der Waals surface area contributed by atoms with E-state index in [1.165, 1.54) is 0 Å². The molecular formula is C12H21NO4. The lowest BCUT2D eigenvalue weighted by atomic mass is 10.0. The van der Waals surface area contributed by atoms with Crippen LogP contribution in [0.2, 0.25) is 0 Å². The minimum atomic E-state index is -0.843. The van der Waals surface area contributed by atoms with Crippen molar-refractivity contribution in [3.8, 4) is 0 Å². The van der Waals surface area contributed by atoms with Gasteiger partial charge in [-0.15, -0.1) is 0 Å². The fourth-order valence-corrected chi connectivity index (χ4v) is 1.98. The number of aliphatic carboxylic acids is 1. The maximum absolute atomic E-state index is 11.5. The van der Waals surface area contributed by atoms with E-state index in [9.17, 15) is 9.59 Å². The molecule has 2 unspecified atom stereocenters. The molecule has 0 aromatic rings. The van der Waals surface area contributed by atoms with E-state index in [4.69, 9.17) is 9.84 Å². The molecule has 0 bridgehead atoms. The predicted octanol–water partition coefficient (Wildman–Crippen LogP) is 1.17. The summed E-state index contributed by atoms with van der Waals surface area (Å²) in [5, 5.41) is 11.6. The summed E-state index contributed by atoms with van der Waals surface area (Å²) in [6.45, 7) is 2.88. The number of amides is 1. The van der Waals surface area contributed by atoms with Gasteiger partial charge in [0.2, 0.25) is 5.91 Å². The van der Waals surface area contributed by atoms with Gasteiger partial charge in [0.25, 0.3) is 0 Å². The monoisotopic (exact) mass is 243 g/mol. The van der Waals surface area contributed by atoms with Gasteiger partial charge in [-0.3, -0.25) is 9.59 Å². The number of hydrogen-bond donors (Lipinski definition) is 2. The summed E-state index contributed by atoms with van der Waals surface area (Å²) in [6.07, 6.45) is 3.69. The molecule has 2 atom stereocenters. The second kappa shape index (κ2) is 7.27. The zero-order valence-corrected chi connectivity index (χ0v) is 10.3. The highest BCUT2D eigenvalue weighted by molar-refractivity contribution is 5.77. The Morgan fingerprint density at radius 3 is 2.82 bits per heavy atom. The number of nitrogens with one attached hydrogen (secondary N) is 1. The average Bonchev–Trinajstić information content (AvgIpc) is 2.76. The summed E-state index contributed by atoms with van der Waals surface area (Å²) in [5.41, 5.74) is 0. The summed E-state index contributed by atoms with van der Waals surface area (Å²) < 4.78 is 5.35. The van der Waals surface area contributed by atoms with Crippen molar-refractivity contribution in [2.24, 2.45) is 5.92 Å². The Kier molecular flexibility index (Phi) is 5.97. The quantitative estimate of drug-likeness (QED) is 0.704. The Morgan fingerprint density at radius 2 is 2.29 bits per heavy atom. The second-order valence-corrected chi connectivity index (χ2v) is 4.47. The average molecular weight is 243 g/mol. The first-order valence-corrected chi connectivity index (χ1v) is 6.24. The van der Waals surface area contributed by atoms with Crippen LogP contribution in [0.4, 0.5) is 0 Å². The molecule has 1 saturated heterocycles. The number of carboxylic acid groups (broad SMARTS) is 1. The molecule has 1 heterocycles. The molecule has 1 rings (SSSR count). The molecule has 17 heavy (non-hydrogen) atoms. The van der Waals surface area contributed by atoms with Crippen molar-refractivity contribution in [2.75, 3.05) is 13.2 Å². The van der Waals surface area contributed by atoms with Crippen LogP contribution in [0.5, 0.6) is 0 Å². The molecule has 0 aromatic heterocycles. The van der Waals surface area contributed by atoms with E-state index in [1.807, 2.05) is 6.92 Å². The Morgan fingerprint density at radius 1 is 1.53 bits per heavy atom. The van der Waals surface area contributed by atoms with Crippen LogP contribution in [0, 0.1) is 5.92 Å². The van der Waals surface area contributed by atoms with Crippen molar-refractivity contribution in [2.45, 2.75) is 45.1 Å². The third-order valence-electron chi connectivity index (χ3n) is 2.97. The molecular weight excluding hydrogens is 222 g/mol. The highest BCUT2D eigenvalue weighted by Crippen LogP contribution is 2.15. The SMILES string of the molecule is CCCC(CNC(=O)CC1CCCO1)C(=O)O. The zero-order chi connectivity index (χ0) is 12.7. The topological polar surface area (TPSA) is 75.6 Å². The lowest BCUT2D eigenvalue weighted by molar-refractivity contribution is -0.142. The smallest absolute Gasteiger partial charge is 0.308 e. The summed E-state index contributed by atoms with van der Waals surface area (Å²) in [7, 11) is 0. The molecule has 0 saturated carbocycles. The van der Waals surface area contributed by atoms with Gasteiger partial charge < -0.3 is 15.2 Å². The molecule has 2 N–H and O–H groups in total. The summed E-state index contributed by atoms with van der Waals surface area (Å²) in [5.74, 6) is -1.43. The number of carbonyl (C=O) groups is 2. The Labute approximate surface area is 102 Å².